The van der Waals surface area contributed by atoms with Gasteiger partial charge in [0.05, 0.1) is 33.3 Å². The lowest BCUT2D eigenvalue weighted by molar-refractivity contribution is -0.126. The molecule has 1 aliphatic rings. The molecule has 2 aromatic heterocycles. The van der Waals surface area contributed by atoms with Crippen molar-refractivity contribution in [3.8, 4) is 11.5 Å². The number of hydrogen-bond acceptors (Lipinski definition) is 6. The van der Waals surface area contributed by atoms with E-state index in [9.17, 15) is 9.59 Å². The Morgan fingerprint density at radius 1 is 1.03 bits per heavy atom. The highest BCUT2D eigenvalue weighted by Crippen LogP contribution is 2.34. The van der Waals surface area contributed by atoms with Gasteiger partial charge in [-0.05, 0) is 54.8 Å². The van der Waals surface area contributed by atoms with Crippen molar-refractivity contribution in [1.29, 1.82) is 0 Å². The Morgan fingerprint density at radius 3 is 2.39 bits per heavy atom. The lowest BCUT2D eigenvalue weighted by Gasteiger charge is -2.31. The first-order chi connectivity index (χ1) is 16.1. The van der Waals surface area contributed by atoms with Crippen molar-refractivity contribution in [3.63, 3.8) is 0 Å². The van der Waals surface area contributed by atoms with Crippen LogP contribution in [-0.4, -0.2) is 37.0 Å². The van der Waals surface area contributed by atoms with Crippen LogP contribution >= 0.6 is 0 Å². The van der Waals surface area contributed by atoms with Gasteiger partial charge in [0.25, 0.3) is 5.91 Å². The smallest absolute Gasteiger partial charge is 0.290 e. The molecule has 1 saturated carbocycles. The van der Waals surface area contributed by atoms with Crippen LogP contribution in [0.25, 0.3) is 0 Å². The number of carbonyl (C=O) groups excluding carboxylic acids is 2. The number of hydrogen-bond donors (Lipinski definition) is 1. The van der Waals surface area contributed by atoms with Crippen LogP contribution in [0.3, 0.4) is 0 Å². The van der Waals surface area contributed by atoms with Gasteiger partial charge in [-0.15, -0.1) is 0 Å². The van der Waals surface area contributed by atoms with Gasteiger partial charge in [0, 0.05) is 6.04 Å². The maximum atomic E-state index is 13.7. The lowest BCUT2D eigenvalue weighted by atomic mass is 10.0. The molecular formula is C25H28N2O6. The number of nitrogens with zero attached hydrogens (tertiary/aromatic N) is 1. The molecule has 8 heteroatoms. The Kier molecular flexibility index (Phi) is 7.02. The summed E-state index contributed by atoms with van der Waals surface area (Å²) >= 11 is 0. The average Bonchev–Trinajstić information content (AvgIpc) is 3.62. The van der Waals surface area contributed by atoms with Gasteiger partial charge in [0.2, 0.25) is 5.91 Å². The van der Waals surface area contributed by atoms with Gasteiger partial charge >= 0.3 is 0 Å². The molecule has 1 fully saturated rings. The molecule has 1 N–H and O–H groups in total. The first-order valence-corrected chi connectivity index (χ1v) is 11.0. The first kappa shape index (κ1) is 22.5. The zero-order chi connectivity index (χ0) is 23.2. The molecule has 0 saturated heterocycles. The van der Waals surface area contributed by atoms with Crippen molar-refractivity contribution in [2.75, 3.05) is 14.2 Å². The maximum Gasteiger partial charge on any atom is 0.290 e. The molecule has 1 aliphatic carbocycles. The number of furan rings is 2. The summed E-state index contributed by atoms with van der Waals surface area (Å²) in [6.45, 7) is 0.0869. The van der Waals surface area contributed by atoms with E-state index in [4.69, 9.17) is 18.3 Å². The molecule has 2 amide bonds. The van der Waals surface area contributed by atoms with E-state index in [2.05, 4.69) is 5.32 Å². The summed E-state index contributed by atoms with van der Waals surface area (Å²) in [4.78, 5) is 28.6. The predicted octanol–water partition coefficient (Wildman–Crippen LogP) is 4.33. The molecule has 2 heterocycles. The lowest BCUT2D eigenvalue weighted by Crippen LogP contribution is -2.45. The van der Waals surface area contributed by atoms with Gasteiger partial charge in [-0.25, -0.2) is 0 Å². The fraction of sp³-hybridized carbons (Fsp3) is 0.360. The SMILES string of the molecule is COc1ccc([C@@H](C(=O)NC2CCCC2)N(Cc2ccco2)C(=O)c2ccco2)cc1OC. The number of ether oxygens (including phenoxy) is 2. The van der Waals surface area contributed by atoms with Crippen molar-refractivity contribution in [3.05, 3.63) is 72.1 Å². The van der Waals surface area contributed by atoms with Crippen molar-refractivity contribution < 1.29 is 27.9 Å². The second-order valence-electron chi connectivity index (χ2n) is 8.00. The Bertz CT molecular complexity index is 1050. The topological polar surface area (TPSA) is 94.2 Å². The van der Waals surface area contributed by atoms with E-state index in [1.807, 2.05) is 0 Å². The van der Waals surface area contributed by atoms with Crippen LogP contribution in [0.1, 0.15) is 53.6 Å². The Balaban J connectivity index is 1.76. The summed E-state index contributed by atoms with van der Waals surface area (Å²) in [6, 6.07) is 11.1. The van der Waals surface area contributed by atoms with Crippen LogP contribution in [0.2, 0.25) is 0 Å². The minimum absolute atomic E-state index is 0.0869. The Hall–Kier alpha value is -3.68. The summed E-state index contributed by atoms with van der Waals surface area (Å²) in [5.74, 6) is 1.01. The molecule has 3 aromatic rings. The third kappa shape index (κ3) is 5.05. The Labute approximate surface area is 192 Å². The average molecular weight is 453 g/mol. The highest BCUT2D eigenvalue weighted by Gasteiger charge is 2.35. The normalized spacial score (nSPS) is 14.6. The third-order valence-corrected chi connectivity index (χ3v) is 5.88. The highest BCUT2D eigenvalue weighted by atomic mass is 16.5. The number of methoxy groups -OCH3 is 2. The minimum Gasteiger partial charge on any atom is -0.493 e. The number of benzene rings is 1. The fourth-order valence-corrected chi connectivity index (χ4v) is 4.24. The molecule has 8 nitrogen and oxygen atoms in total. The molecule has 0 unspecified atom stereocenters. The van der Waals surface area contributed by atoms with Gasteiger partial charge in [0.15, 0.2) is 17.3 Å². The Morgan fingerprint density at radius 2 is 1.76 bits per heavy atom. The van der Waals surface area contributed by atoms with Crippen molar-refractivity contribution in [2.45, 2.75) is 44.3 Å². The molecular weight excluding hydrogens is 424 g/mol. The van der Waals surface area contributed by atoms with Gasteiger partial charge in [-0.1, -0.05) is 18.9 Å². The monoisotopic (exact) mass is 452 g/mol. The summed E-state index contributed by atoms with van der Waals surface area (Å²) < 4.78 is 21.7. The number of nitrogens with one attached hydrogen (secondary N) is 1. The van der Waals surface area contributed by atoms with Crippen molar-refractivity contribution in [1.82, 2.24) is 10.2 Å². The van der Waals surface area contributed by atoms with Gasteiger partial charge in [0.1, 0.15) is 11.8 Å². The molecule has 4 rings (SSSR count). The predicted molar refractivity (Wildman–Crippen MR) is 120 cm³/mol. The fourth-order valence-electron chi connectivity index (χ4n) is 4.24. The number of carbonyl (C=O) groups is 2. The van der Waals surface area contributed by atoms with Crippen LogP contribution in [0.4, 0.5) is 0 Å². The number of amides is 2. The zero-order valence-electron chi connectivity index (χ0n) is 18.8. The zero-order valence-corrected chi connectivity index (χ0v) is 18.8. The van der Waals surface area contributed by atoms with Gasteiger partial charge in [-0.3, -0.25) is 9.59 Å². The van der Waals surface area contributed by atoms with Gasteiger partial charge < -0.3 is 28.5 Å². The summed E-state index contributed by atoms with van der Waals surface area (Å²) in [7, 11) is 3.08. The summed E-state index contributed by atoms with van der Waals surface area (Å²) in [5.41, 5.74) is 0.592. The van der Waals surface area contributed by atoms with Crippen LogP contribution in [-0.2, 0) is 11.3 Å². The van der Waals surface area contributed by atoms with E-state index in [1.165, 1.54) is 24.5 Å². The van der Waals surface area contributed by atoms with Crippen LogP contribution < -0.4 is 14.8 Å². The summed E-state index contributed by atoms with van der Waals surface area (Å²) in [5, 5.41) is 3.14. The quantitative estimate of drug-likeness (QED) is 0.519. The van der Waals surface area contributed by atoms with E-state index >= 15 is 0 Å². The van der Waals surface area contributed by atoms with Gasteiger partial charge in [-0.2, -0.15) is 0 Å². The standard InChI is InChI=1S/C25H28N2O6/c1-30-20-12-11-17(15-22(20)31-2)23(24(28)26-18-7-3-4-8-18)27(16-19-9-5-13-32-19)25(29)21-10-6-14-33-21/h5-6,9-15,18,23H,3-4,7-8,16H2,1-2H3,(H,26,28)/t23-/m0/s1. The van der Waals surface area contributed by atoms with Crippen LogP contribution in [0.5, 0.6) is 11.5 Å². The molecule has 1 atom stereocenters. The molecule has 0 aliphatic heterocycles. The van der Waals surface area contributed by atoms with Crippen LogP contribution in [0, 0.1) is 0 Å². The van der Waals surface area contributed by atoms with E-state index in [1.54, 1.807) is 49.6 Å². The number of rotatable bonds is 9. The van der Waals surface area contributed by atoms with E-state index in [-0.39, 0.29) is 24.3 Å². The summed E-state index contributed by atoms with van der Waals surface area (Å²) in [6.07, 6.45) is 6.97. The molecule has 174 valence electrons. The third-order valence-electron chi connectivity index (χ3n) is 5.88. The van der Waals surface area contributed by atoms with E-state index in [0.29, 0.717) is 22.8 Å². The maximum absolute atomic E-state index is 13.7. The molecule has 0 spiro atoms. The van der Waals surface area contributed by atoms with Crippen LogP contribution in [0.15, 0.2) is 63.8 Å². The first-order valence-electron chi connectivity index (χ1n) is 11.0. The van der Waals surface area contributed by atoms with E-state index < -0.39 is 11.9 Å². The largest absolute Gasteiger partial charge is 0.493 e. The molecule has 0 radical (unpaired) electrons. The second-order valence-corrected chi connectivity index (χ2v) is 8.00. The van der Waals surface area contributed by atoms with Crippen molar-refractivity contribution >= 4 is 11.8 Å². The molecule has 0 bridgehead atoms. The van der Waals surface area contributed by atoms with Crippen molar-refractivity contribution in [2.24, 2.45) is 0 Å². The molecule has 33 heavy (non-hydrogen) atoms. The highest BCUT2D eigenvalue weighted by molar-refractivity contribution is 5.96. The minimum atomic E-state index is -0.937. The second kappa shape index (κ2) is 10.3. The molecule has 1 aromatic carbocycles. The van der Waals surface area contributed by atoms with E-state index in [0.717, 1.165) is 25.7 Å².